The summed E-state index contributed by atoms with van der Waals surface area (Å²) in [5.74, 6) is 0.624. The summed E-state index contributed by atoms with van der Waals surface area (Å²) < 4.78 is 39.1. The van der Waals surface area contributed by atoms with Gasteiger partial charge in [-0.25, -0.2) is 8.42 Å². The SMILES string of the molecule is CCOc1ccc(NC(=O)[C@H]2CCCN(S(=O)(=O)c3cc(C(C)C)ccc3OC)C2)cc1. The second kappa shape index (κ2) is 10.4. The van der Waals surface area contributed by atoms with Gasteiger partial charge in [-0.1, -0.05) is 19.9 Å². The van der Waals surface area contributed by atoms with E-state index in [1.54, 1.807) is 36.4 Å². The number of sulfonamides is 1. The number of carbonyl (C=O) groups excluding carboxylic acids is 1. The Balaban J connectivity index is 1.76. The Morgan fingerprint density at radius 3 is 2.53 bits per heavy atom. The summed E-state index contributed by atoms with van der Waals surface area (Å²) >= 11 is 0. The molecule has 0 spiro atoms. The third-order valence-corrected chi connectivity index (χ3v) is 7.55. The number of amides is 1. The van der Waals surface area contributed by atoms with E-state index in [1.165, 1.54) is 11.4 Å². The Bertz CT molecular complexity index is 1030. The highest BCUT2D eigenvalue weighted by Crippen LogP contribution is 2.32. The van der Waals surface area contributed by atoms with Gasteiger partial charge in [0.25, 0.3) is 0 Å². The molecule has 1 aliphatic rings. The summed E-state index contributed by atoms with van der Waals surface area (Å²) in [4.78, 5) is 13.0. The molecule has 174 valence electrons. The van der Waals surface area contributed by atoms with Crippen LogP contribution in [0.4, 0.5) is 5.69 Å². The molecule has 1 heterocycles. The van der Waals surface area contributed by atoms with Gasteiger partial charge in [-0.2, -0.15) is 4.31 Å². The number of anilines is 1. The molecule has 0 unspecified atom stereocenters. The van der Waals surface area contributed by atoms with Gasteiger partial charge >= 0.3 is 0 Å². The predicted octanol–water partition coefficient (Wildman–Crippen LogP) is 4.26. The molecule has 0 saturated carbocycles. The van der Waals surface area contributed by atoms with Crippen LogP contribution in [-0.4, -0.2) is 45.4 Å². The molecule has 1 fully saturated rings. The van der Waals surface area contributed by atoms with E-state index in [1.807, 2.05) is 26.8 Å². The molecule has 2 aromatic rings. The van der Waals surface area contributed by atoms with Crippen LogP contribution < -0.4 is 14.8 Å². The number of carbonyl (C=O) groups is 1. The van der Waals surface area contributed by atoms with Gasteiger partial charge in [-0.15, -0.1) is 0 Å². The van der Waals surface area contributed by atoms with E-state index in [9.17, 15) is 13.2 Å². The molecule has 1 aliphatic heterocycles. The van der Waals surface area contributed by atoms with Crippen LogP contribution in [0.3, 0.4) is 0 Å². The zero-order valence-electron chi connectivity index (χ0n) is 19.1. The predicted molar refractivity (Wildman–Crippen MR) is 125 cm³/mol. The van der Waals surface area contributed by atoms with Crippen LogP contribution in [0.5, 0.6) is 11.5 Å². The first-order chi connectivity index (χ1) is 15.3. The van der Waals surface area contributed by atoms with E-state index in [-0.39, 0.29) is 23.3 Å². The van der Waals surface area contributed by atoms with Crippen LogP contribution >= 0.6 is 0 Å². The number of nitrogens with zero attached hydrogens (tertiary/aromatic N) is 1. The van der Waals surface area contributed by atoms with Crippen LogP contribution in [-0.2, 0) is 14.8 Å². The standard InChI is InChI=1S/C24H32N2O5S/c1-5-31-21-11-9-20(10-12-21)25-24(27)19-7-6-14-26(16-19)32(28,29)23-15-18(17(2)3)8-13-22(23)30-4/h8-13,15,17,19H,5-7,14,16H2,1-4H3,(H,25,27)/t19-/m0/s1. The summed E-state index contributed by atoms with van der Waals surface area (Å²) in [6, 6.07) is 12.4. The summed E-state index contributed by atoms with van der Waals surface area (Å²) in [7, 11) is -2.34. The van der Waals surface area contributed by atoms with Crippen molar-refractivity contribution in [2.24, 2.45) is 5.92 Å². The maximum absolute atomic E-state index is 13.5. The minimum atomic E-state index is -3.80. The maximum atomic E-state index is 13.5. The minimum Gasteiger partial charge on any atom is -0.495 e. The van der Waals surface area contributed by atoms with E-state index >= 15 is 0 Å². The van der Waals surface area contributed by atoms with Crippen LogP contribution in [0, 0.1) is 5.92 Å². The van der Waals surface area contributed by atoms with Crippen LogP contribution in [0.2, 0.25) is 0 Å². The Morgan fingerprint density at radius 1 is 1.19 bits per heavy atom. The van der Waals surface area contributed by atoms with Gasteiger partial charge in [0.05, 0.1) is 19.6 Å². The fourth-order valence-electron chi connectivity index (χ4n) is 3.81. The molecule has 1 atom stereocenters. The summed E-state index contributed by atoms with van der Waals surface area (Å²) in [5.41, 5.74) is 1.58. The monoisotopic (exact) mass is 460 g/mol. The molecule has 32 heavy (non-hydrogen) atoms. The highest BCUT2D eigenvalue weighted by atomic mass is 32.2. The van der Waals surface area contributed by atoms with E-state index in [2.05, 4.69) is 5.32 Å². The molecule has 0 bridgehead atoms. The first kappa shape index (κ1) is 24.1. The highest BCUT2D eigenvalue weighted by Gasteiger charge is 2.35. The van der Waals surface area contributed by atoms with Crippen molar-refractivity contribution in [3.8, 4) is 11.5 Å². The summed E-state index contributed by atoms with van der Waals surface area (Å²) in [6.45, 7) is 7.03. The smallest absolute Gasteiger partial charge is 0.246 e. The Labute approximate surface area is 190 Å². The molecule has 7 nitrogen and oxygen atoms in total. The number of benzene rings is 2. The average Bonchev–Trinajstić information content (AvgIpc) is 2.80. The molecule has 1 saturated heterocycles. The second-order valence-corrected chi connectivity index (χ2v) is 10.1. The number of nitrogens with one attached hydrogen (secondary N) is 1. The summed E-state index contributed by atoms with van der Waals surface area (Å²) in [5, 5.41) is 2.90. The average molecular weight is 461 g/mol. The van der Waals surface area contributed by atoms with Crippen molar-refractivity contribution in [3.63, 3.8) is 0 Å². The van der Waals surface area contributed by atoms with Gasteiger partial charge in [0.1, 0.15) is 16.4 Å². The zero-order chi connectivity index (χ0) is 23.3. The van der Waals surface area contributed by atoms with E-state index < -0.39 is 15.9 Å². The van der Waals surface area contributed by atoms with E-state index in [4.69, 9.17) is 9.47 Å². The maximum Gasteiger partial charge on any atom is 0.246 e. The Kier molecular flexibility index (Phi) is 7.79. The Hall–Kier alpha value is -2.58. The van der Waals surface area contributed by atoms with Gasteiger partial charge in [0.2, 0.25) is 15.9 Å². The van der Waals surface area contributed by atoms with Gasteiger partial charge in [0.15, 0.2) is 0 Å². The lowest BCUT2D eigenvalue weighted by Gasteiger charge is -2.31. The highest BCUT2D eigenvalue weighted by molar-refractivity contribution is 7.89. The molecule has 3 rings (SSSR count). The first-order valence-corrected chi connectivity index (χ1v) is 12.4. The fraction of sp³-hybridized carbons (Fsp3) is 0.458. The van der Waals surface area contributed by atoms with E-state index in [0.29, 0.717) is 37.4 Å². The minimum absolute atomic E-state index is 0.139. The number of piperidine rings is 1. The normalized spacial score (nSPS) is 17.2. The molecule has 0 aromatic heterocycles. The van der Waals surface area contributed by atoms with Crippen molar-refractivity contribution < 1.29 is 22.7 Å². The molecule has 0 aliphatic carbocycles. The molecule has 2 aromatic carbocycles. The largest absolute Gasteiger partial charge is 0.495 e. The fourth-order valence-corrected chi connectivity index (χ4v) is 5.53. The Morgan fingerprint density at radius 2 is 1.91 bits per heavy atom. The third-order valence-electron chi connectivity index (χ3n) is 5.66. The lowest BCUT2D eigenvalue weighted by atomic mass is 9.98. The lowest BCUT2D eigenvalue weighted by molar-refractivity contribution is -0.120. The molecule has 1 N–H and O–H groups in total. The second-order valence-electron chi connectivity index (χ2n) is 8.21. The number of rotatable bonds is 8. The van der Waals surface area contributed by atoms with Gasteiger partial charge in [-0.05, 0) is 67.6 Å². The molecule has 1 amide bonds. The van der Waals surface area contributed by atoms with Crippen molar-refractivity contribution in [1.82, 2.24) is 4.31 Å². The quantitative estimate of drug-likeness (QED) is 0.636. The zero-order valence-corrected chi connectivity index (χ0v) is 19.9. The molecule has 0 radical (unpaired) electrons. The van der Waals surface area contributed by atoms with Crippen molar-refractivity contribution in [1.29, 1.82) is 0 Å². The van der Waals surface area contributed by atoms with Gasteiger partial charge < -0.3 is 14.8 Å². The van der Waals surface area contributed by atoms with Crippen molar-refractivity contribution in [2.45, 2.75) is 44.4 Å². The van der Waals surface area contributed by atoms with Crippen molar-refractivity contribution in [2.75, 3.05) is 32.1 Å². The number of hydrogen-bond donors (Lipinski definition) is 1. The molecule has 8 heteroatoms. The topological polar surface area (TPSA) is 84.9 Å². The van der Waals surface area contributed by atoms with Gasteiger partial charge in [0, 0.05) is 18.8 Å². The summed E-state index contributed by atoms with van der Waals surface area (Å²) in [6.07, 6.45) is 1.25. The van der Waals surface area contributed by atoms with Crippen molar-refractivity contribution >= 4 is 21.6 Å². The third kappa shape index (κ3) is 5.42. The molecular weight excluding hydrogens is 428 g/mol. The lowest BCUT2D eigenvalue weighted by Crippen LogP contribution is -2.43. The van der Waals surface area contributed by atoms with E-state index in [0.717, 1.165) is 11.3 Å². The van der Waals surface area contributed by atoms with Crippen LogP contribution in [0.1, 0.15) is 45.1 Å². The van der Waals surface area contributed by atoms with Crippen LogP contribution in [0.25, 0.3) is 0 Å². The first-order valence-electron chi connectivity index (χ1n) is 11.0. The number of hydrogen-bond acceptors (Lipinski definition) is 5. The number of ether oxygens (including phenoxy) is 2. The van der Waals surface area contributed by atoms with Crippen LogP contribution in [0.15, 0.2) is 47.4 Å². The number of methoxy groups -OCH3 is 1. The van der Waals surface area contributed by atoms with Gasteiger partial charge in [-0.3, -0.25) is 4.79 Å². The van der Waals surface area contributed by atoms with Crippen molar-refractivity contribution in [3.05, 3.63) is 48.0 Å². The molecular formula is C24H32N2O5S.